The fraction of sp³-hybridized carbons (Fsp3) is 0.231. The van der Waals surface area contributed by atoms with E-state index in [1.165, 1.54) is 24.5 Å². The number of sulfone groups is 1. The summed E-state index contributed by atoms with van der Waals surface area (Å²) in [4.78, 5) is 20.6. The van der Waals surface area contributed by atoms with Crippen molar-refractivity contribution in [1.29, 1.82) is 0 Å². The Hall–Kier alpha value is -3.64. The zero-order valence-corrected chi connectivity index (χ0v) is 22.4. The summed E-state index contributed by atoms with van der Waals surface area (Å²) in [6, 6.07) is 9.52. The summed E-state index contributed by atoms with van der Waals surface area (Å²) in [7, 11) is -7.34. The van der Waals surface area contributed by atoms with Crippen LogP contribution in [-0.4, -0.2) is 43.6 Å². The van der Waals surface area contributed by atoms with Crippen LogP contribution >= 0.6 is 0 Å². The first kappa shape index (κ1) is 27.4. The molecule has 0 fully saturated rings. The molecule has 12 heteroatoms. The first-order chi connectivity index (χ1) is 17.9. The number of sulfonamides is 1. The number of benzene rings is 2. The van der Waals surface area contributed by atoms with E-state index in [-0.39, 0.29) is 33.7 Å². The van der Waals surface area contributed by atoms with Gasteiger partial charge in [0.15, 0.2) is 15.7 Å². The number of ketones is 1. The van der Waals surface area contributed by atoms with Crippen molar-refractivity contribution in [3.63, 3.8) is 0 Å². The van der Waals surface area contributed by atoms with E-state index in [0.29, 0.717) is 11.1 Å². The second-order valence-corrected chi connectivity index (χ2v) is 13.3. The maximum atomic E-state index is 15.2. The molecule has 8 nitrogen and oxygen atoms in total. The minimum absolute atomic E-state index is 0.0697. The number of carbonyl (C=O) groups is 1. The Morgan fingerprint density at radius 1 is 1.03 bits per heavy atom. The molecule has 0 spiro atoms. The second-order valence-electron chi connectivity index (χ2n) is 8.97. The number of hydrogen-bond acceptors (Lipinski definition) is 6. The van der Waals surface area contributed by atoms with Gasteiger partial charge >= 0.3 is 0 Å². The van der Waals surface area contributed by atoms with E-state index >= 15 is 4.39 Å². The maximum absolute atomic E-state index is 15.2. The van der Waals surface area contributed by atoms with Gasteiger partial charge in [-0.05, 0) is 56.2 Å². The van der Waals surface area contributed by atoms with Gasteiger partial charge in [-0.3, -0.25) is 9.52 Å². The van der Waals surface area contributed by atoms with Crippen molar-refractivity contribution in [3.05, 3.63) is 77.6 Å². The van der Waals surface area contributed by atoms with Crippen LogP contribution in [0.5, 0.6) is 0 Å². The van der Waals surface area contributed by atoms with Crippen molar-refractivity contribution in [2.24, 2.45) is 0 Å². The van der Waals surface area contributed by atoms with E-state index in [4.69, 9.17) is 0 Å². The number of nitrogens with one attached hydrogen (secondary N) is 2. The molecule has 0 saturated heterocycles. The Morgan fingerprint density at radius 3 is 2.34 bits per heavy atom. The molecule has 0 amide bonds. The zero-order valence-electron chi connectivity index (χ0n) is 20.7. The predicted octanol–water partition coefficient (Wildman–Crippen LogP) is 5.07. The van der Waals surface area contributed by atoms with Gasteiger partial charge < -0.3 is 4.98 Å². The van der Waals surface area contributed by atoms with Gasteiger partial charge in [0, 0.05) is 28.9 Å². The topological polar surface area (TPSA) is 126 Å². The minimum atomic E-state index is -3.88. The summed E-state index contributed by atoms with van der Waals surface area (Å²) in [5, 5.41) is -0.303. The number of H-pyrrole nitrogens is 1. The van der Waals surface area contributed by atoms with Crippen molar-refractivity contribution in [3.8, 4) is 11.1 Å². The molecule has 0 aliphatic heterocycles. The number of nitrogens with zero attached hydrogens (tertiary/aromatic N) is 1. The van der Waals surface area contributed by atoms with Crippen LogP contribution < -0.4 is 4.72 Å². The highest BCUT2D eigenvalue weighted by Crippen LogP contribution is 2.30. The van der Waals surface area contributed by atoms with Crippen molar-refractivity contribution in [1.82, 2.24) is 9.97 Å². The highest BCUT2D eigenvalue weighted by atomic mass is 32.2. The maximum Gasteiger partial charge on any atom is 0.232 e. The molecule has 0 saturated carbocycles. The number of aromatic amines is 1. The van der Waals surface area contributed by atoms with Gasteiger partial charge in [-0.2, -0.15) is 0 Å². The molecule has 38 heavy (non-hydrogen) atoms. The molecular formula is C26H25F2N3O5S2. The Kier molecular flexibility index (Phi) is 7.39. The van der Waals surface area contributed by atoms with Gasteiger partial charge in [0.2, 0.25) is 15.8 Å². The molecule has 0 radical (unpaired) electrons. The molecule has 0 unspecified atom stereocenters. The molecule has 0 aliphatic rings. The van der Waals surface area contributed by atoms with Crippen LogP contribution in [0.1, 0.15) is 43.1 Å². The second kappa shape index (κ2) is 10.3. The first-order valence-electron chi connectivity index (χ1n) is 11.7. The Morgan fingerprint density at radius 2 is 1.71 bits per heavy atom. The highest BCUT2D eigenvalue weighted by molar-refractivity contribution is 7.92. The summed E-state index contributed by atoms with van der Waals surface area (Å²) < 4.78 is 81.0. The number of pyridine rings is 1. The molecule has 0 bridgehead atoms. The third-order valence-corrected chi connectivity index (χ3v) is 9.62. The lowest BCUT2D eigenvalue weighted by Gasteiger charge is -2.11. The average Bonchev–Trinajstić information content (AvgIpc) is 3.29. The van der Waals surface area contributed by atoms with Crippen molar-refractivity contribution in [2.45, 2.75) is 37.3 Å². The SMILES string of the molecule is CCCS(=O)(=O)Nc1ccc(F)c(C(=O)c2c[nH]c3ncc(-c4ccc(S(=O)(=O)C(C)C)cc4)cc23)c1F. The van der Waals surface area contributed by atoms with Crippen LogP contribution in [0.3, 0.4) is 0 Å². The predicted molar refractivity (Wildman–Crippen MR) is 141 cm³/mol. The van der Waals surface area contributed by atoms with E-state index in [9.17, 15) is 26.0 Å². The van der Waals surface area contributed by atoms with E-state index in [1.807, 2.05) is 0 Å². The van der Waals surface area contributed by atoms with Gasteiger partial charge in [0.05, 0.1) is 27.1 Å². The fourth-order valence-corrected chi connectivity index (χ4v) is 6.11. The molecule has 0 atom stereocenters. The van der Waals surface area contributed by atoms with Crippen LogP contribution in [0.15, 0.2) is 59.8 Å². The van der Waals surface area contributed by atoms with Crippen LogP contribution in [0, 0.1) is 11.6 Å². The molecule has 0 aliphatic carbocycles. The lowest BCUT2D eigenvalue weighted by molar-refractivity contribution is 0.103. The third kappa shape index (κ3) is 5.18. The van der Waals surface area contributed by atoms with Crippen molar-refractivity contribution >= 4 is 42.4 Å². The lowest BCUT2D eigenvalue weighted by atomic mass is 10.00. The summed E-state index contributed by atoms with van der Waals surface area (Å²) in [6.07, 6.45) is 3.07. The van der Waals surface area contributed by atoms with E-state index in [1.54, 1.807) is 39.0 Å². The zero-order chi connectivity index (χ0) is 27.8. The molecule has 2 aromatic heterocycles. The Bertz CT molecular complexity index is 1750. The standard InChI is InChI=1S/C26H25F2N3O5S2/c1-4-11-37(33,34)31-22-10-9-21(27)23(24(22)28)25(32)20-14-30-26-19(20)12-17(13-29-26)16-5-7-18(8-6-16)38(35,36)15(2)3/h5-10,12-15,31H,4,11H2,1-3H3,(H,29,30). The van der Waals surface area contributed by atoms with Gasteiger partial charge in [-0.1, -0.05) is 19.1 Å². The fourth-order valence-electron chi connectivity index (χ4n) is 3.92. The highest BCUT2D eigenvalue weighted by Gasteiger charge is 2.26. The largest absolute Gasteiger partial charge is 0.345 e. The molecule has 2 heterocycles. The first-order valence-corrected chi connectivity index (χ1v) is 14.9. The summed E-state index contributed by atoms with van der Waals surface area (Å²) in [5.74, 6) is -3.74. The number of anilines is 1. The van der Waals surface area contributed by atoms with Crippen LogP contribution in [0.4, 0.5) is 14.5 Å². The van der Waals surface area contributed by atoms with Gasteiger partial charge in [0.1, 0.15) is 11.5 Å². The van der Waals surface area contributed by atoms with E-state index in [2.05, 4.69) is 14.7 Å². The summed E-state index contributed by atoms with van der Waals surface area (Å²) in [6.45, 7) is 4.82. The number of carbonyl (C=O) groups excluding carboxylic acids is 1. The number of halogens is 2. The third-order valence-electron chi connectivity index (χ3n) is 5.97. The van der Waals surface area contributed by atoms with Gasteiger partial charge in [-0.15, -0.1) is 0 Å². The monoisotopic (exact) mass is 561 g/mol. The smallest absolute Gasteiger partial charge is 0.232 e. The van der Waals surface area contributed by atoms with E-state index < -0.39 is 53.8 Å². The summed E-state index contributed by atoms with van der Waals surface area (Å²) in [5.41, 5.74) is -0.0564. The van der Waals surface area contributed by atoms with Crippen LogP contribution in [-0.2, 0) is 19.9 Å². The van der Waals surface area contributed by atoms with Crippen molar-refractivity contribution < 1.29 is 30.4 Å². The van der Waals surface area contributed by atoms with Crippen LogP contribution in [0.25, 0.3) is 22.2 Å². The van der Waals surface area contributed by atoms with Crippen molar-refractivity contribution in [2.75, 3.05) is 10.5 Å². The van der Waals surface area contributed by atoms with Crippen LogP contribution in [0.2, 0.25) is 0 Å². The Balaban J connectivity index is 1.74. The van der Waals surface area contributed by atoms with Gasteiger partial charge in [0.25, 0.3) is 0 Å². The summed E-state index contributed by atoms with van der Waals surface area (Å²) >= 11 is 0. The molecule has 2 aromatic carbocycles. The molecular weight excluding hydrogens is 536 g/mol. The normalized spacial score (nSPS) is 12.3. The van der Waals surface area contributed by atoms with E-state index in [0.717, 1.165) is 12.1 Å². The number of aromatic nitrogens is 2. The molecule has 4 aromatic rings. The molecule has 2 N–H and O–H groups in total. The number of rotatable bonds is 9. The molecule has 4 rings (SSSR count). The van der Waals surface area contributed by atoms with Gasteiger partial charge in [-0.25, -0.2) is 30.6 Å². The lowest BCUT2D eigenvalue weighted by Crippen LogP contribution is -2.18. The minimum Gasteiger partial charge on any atom is -0.345 e. The number of hydrogen-bond donors (Lipinski definition) is 2. The quantitative estimate of drug-likeness (QED) is 0.275. The molecule has 200 valence electrons. The average molecular weight is 562 g/mol. The number of fused-ring (bicyclic) bond motifs is 1. The Labute approximate surface area is 219 Å².